The second-order valence-electron chi connectivity index (χ2n) is 7.25. The van der Waals surface area contributed by atoms with Crippen molar-refractivity contribution in [2.45, 2.75) is 39.2 Å². The molecule has 3 rings (SSSR count). The molecule has 7 nitrogen and oxygen atoms in total. The third-order valence-electron chi connectivity index (χ3n) is 4.08. The van der Waals surface area contributed by atoms with Crippen LogP contribution in [0.5, 0.6) is 0 Å². The van der Waals surface area contributed by atoms with Crippen LogP contribution >= 0.6 is 29.4 Å². The van der Waals surface area contributed by atoms with Crippen LogP contribution in [0.3, 0.4) is 0 Å². The van der Waals surface area contributed by atoms with Gasteiger partial charge >= 0.3 is 0 Å². The minimum absolute atomic E-state index is 0. The van der Waals surface area contributed by atoms with Crippen LogP contribution in [0.2, 0.25) is 0 Å². The number of nitrogens with zero attached hydrogens (tertiary/aromatic N) is 5. The number of rotatable bonds is 4. The summed E-state index contributed by atoms with van der Waals surface area (Å²) in [5, 5.41) is 7.15. The molecule has 0 fully saturated rings. The number of halogens is 1. The Balaban J connectivity index is 0.00000280. The molecule has 0 spiro atoms. The maximum atomic E-state index is 12.8. The van der Waals surface area contributed by atoms with Crippen molar-refractivity contribution in [2.75, 3.05) is 0 Å². The molecule has 9 heteroatoms. The van der Waals surface area contributed by atoms with Crippen molar-refractivity contribution in [3.63, 3.8) is 0 Å². The molecular formula is C19H23BrN6OS. The van der Waals surface area contributed by atoms with E-state index in [4.69, 9.17) is 0 Å². The third kappa shape index (κ3) is 4.96. The summed E-state index contributed by atoms with van der Waals surface area (Å²) >= 11 is 3.50. The van der Waals surface area contributed by atoms with Crippen LogP contribution in [0.25, 0.3) is 5.95 Å². The van der Waals surface area contributed by atoms with Crippen LogP contribution in [0.1, 0.15) is 55.5 Å². The van der Waals surface area contributed by atoms with Gasteiger partial charge in [-0.2, -0.15) is 23.3 Å². The number of nitrogens with one attached hydrogen (secondary N) is 1. The molecular weight excluding hydrogens is 440 g/mol. The van der Waals surface area contributed by atoms with E-state index in [1.165, 1.54) is 11.0 Å². The maximum absolute atomic E-state index is 12.8. The van der Waals surface area contributed by atoms with Gasteiger partial charge in [0.15, 0.2) is 5.82 Å². The second-order valence-corrected chi connectivity index (χ2v) is 8.17. The molecule has 148 valence electrons. The molecule has 0 saturated heterocycles. The summed E-state index contributed by atoms with van der Waals surface area (Å²) in [5.74, 6) is 0.780. The predicted octanol–water partition coefficient (Wildman–Crippen LogP) is 3.72. The predicted molar refractivity (Wildman–Crippen MR) is 116 cm³/mol. The van der Waals surface area contributed by atoms with E-state index in [1.54, 1.807) is 18.5 Å². The maximum Gasteiger partial charge on any atom is 0.252 e. The zero-order chi connectivity index (χ0) is 19.6. The van der Waals surface area contributed by atoms with Gasteiger partial charge in [0.1, 0.15) is 6.33 Å². The number of hydrogen-bond acceptors (Lipinski definition) is 5. The monoisotopic (exact) mass is 462 g/mol. The second kappa shape index (κ2) is 8.83. The number of amides is 1. The van der Waals surface area contributed by atoms with E-state index in [2.05, 4.69) is 62.1 Å². The Morgan fingerprint density at radius 2 is 1.82 bits per heavy atom. The third-order valence-corrected chi connectivity index (χ3v) is 4.53. The van der Waals surface area contributed by atoms with E-state index in [-0.39, 0.29) is 30.9 Å². The summed E-state index contributed by atoms with van der Waals surface area (Å²) in [5.41, 5.74) is 1.61. The molecule has 0 radical (unpaired) electrons. The summed E-state index contributed by atoms with van der Waals surface area (Å²) in [6.45, 7) is 8.19. The molecule has 1 aromatic carbocycles. The number of hydrogen-bond donors (Lipinski definition) is 1. The van der Waals surface area contributed by atoms with E-state index in [0.717, 1.165) is 10.0 Å². The molecule has 0 aliphatic rings. The van der Waals surface area contributed by atoms with Crippen molar-refractivity contribution in [2.24, 2.45) is 0 Å². The average Bonchev–Trinajstić information content (AvgIpc) is 3.11. The normalized spacial score (nSPS) is 12.2. The Labute approximate surface area is 179 Å². The molecule has 1 amide bonds. The highest BCUT2D eigenvalue weighted by Crippen LogP contribution is 2.27. The van der Waals surface area contributed by atoms with Gasteiger partial charge in [-0.3, -0.25) is 4.79 Å². The van der Waals surface area contributed by atoms with Crippen LogP contribution in [-0.2, 0) is 5.41 Å². The van der Waals surface area contributed by atoms with Crippen LogP contribution in [0.4, 0.5) is 0 Å². The fourth-order valence-corrected chi connectivity index (χ4v) is 3.09. The Kier molecular flexibility index (Phi) is 6.95. The Bertz CT molecular complexity index is 955. The fourth-order valence-electron chi connectivity index (χ4n) is 2.60. The molecule has 0 unspecified atom stereocenters. The highest BCUT2D eigenvalue weighted by Gasteiger charge is 2.21. The zero-order valence-corrected chi connectivity index (χ0v) is 18.7. The molecule has 2 heterocycles. The molecule has 0 saturated carbocycles. The lowest BCUT2D eigenvalue weighted by Crippen LogP contribution is -2.29. The number of carbonyl (C=O) groups is 1. The summed E-state index contributed by atoms with van der Waals surface area (Å²) in [7, 11) is 0. The summed E-state index contributed by atoms with van der Waals surface area (Å²) in [6.07, 6.45) is 4.68. The first kappa shape index (κ1) is 22.0. The topological polar surface area (TPSA) is 85.6 Å². The van der Waals surface area contributed by atoms with Crippen molar-refractivity contribution in [3.05, 3.63) is 64.4 Å². The summed E-state index contributed by atoms with van der Waals surface area (Å²) in [6, 6.07) is 7.11. The average molecular weight is 463 g/mol. The molecule has 3 aromatic rings. The largest absolute Gasteiger partial charge is 0.342 e. The van der Waals surface area contributed by atoms with E-state index in [9.17, 15) is 4.79 Å². The van der Waals surface area contributed by atoms with Crippen molar-refractivity contribution < 1.29 is 4.79 Å². The van der Waals surface area contributed by atoms with Gasteiger partial charge in [-0.15, -0.1) is 0 Å². The number of carbonyl (C=O) groups excluding carboxylic acids is 1. The first-order chi connectivity index (χ1) is 12.8. The van der Waals surface area contributed by atoms with Crippen molar-refractivity contribution in [3.8, 4) is 5.95 Å². The van der Waals surface area contributed by atoms with Gasteiger partial charge in [-0.25, -0.2) is 15.0 Å². The smallest absolute Gasteiger partial charge is 0.252 e. The summed E-state index contributed by atoms with van der Waals surface area (Å²) < 4.78 is 2.39. The lowest BCUT2D eigenvalue weighted by molar-refractivity contribution is 0.0937. The Hall–Kier alpha value is -2.26. The van der Waals surface area contributed by atoms with Gasteiger partial charge in [0.2, 0.25) is 0 Å². The van der Waals surface area contributed by atoms with E-state index in [0.29, 0.717) is 17.3 Å². The SMILES string of the molecule is C[C@@H](NC(=O)c1cc(Br)cc(C(C)(C)C)c1)c1ncnn1-c1ncccn1.S. The van der Waals surface area contributed by atoms with E-state index in [1.807, 2.05) is 25.1 Å². The lowest BCUT2D eigenvalue weighted by Gasteiger charge is -2.21. The minimum Gasteiger partial charge on any atom is -0.342 e. The molecule has 28 heavy (non-hydrogen) atoms. The number of benzene rings is 1. The van der Waals surface area contributed by atoms with Crippen LogP contribution in [0.15, 0.2) is 47.5 Å². The van der Waals surface area contributed by atoms with Gasteiger partial charge in [0.05, 0.1) is 6.04 Å². The van der Waals surface area contributed by atoms with Crippen LogP contribution in [-0.4, -0.2) is 30.6 Å². The Morgan fingerprint density at radius 1 is 1.14 bits per heavy atom. The van der Waals surface area contributed by atoms with Gasteiger partial charge in [-0.1, -0.05) is 36.7 Å². The molecule has 2 aromatic heterocycles. The molecule has 0 aliphatic carbocycles. The zero-order valence-electron chi connectivity index (χ0n) is 16.1. The van der Waals surface area contributed by atoms with Crippen molar-refractivity contribution >= 4 is 35.3 Å². The highest BCUT2D eigenvalue weighted by atomic mass is 79.9. The Morgan fingerprint density at radius 3 is 2.46 bits per heavy atom. The quantitative estimate of drug-likeness (QED) is 0.638. The van der Waals surface area contributed by atoms with Gasteiger partial charge in [0, 0.05) is 22.4 Å². The molecule has 0 bridgehead atoms. The molecule has 1 atom stereocenters. The standard InChI is InChI=1S/C19H21BrN6O.H2S/c1-12(16-23-11-24-26(16)18-21-6-5-7-22-18)25-17(27)13-8-14(19(2,3)4)10-15(20)9-13;/h5-12H,1-4H3,(H,25,27);1H2/t12-;/m1./s1. The van der Waals surface area contributed by atoms with Gasteiger partial charge in [0.25, 0.3) is 11.9 Å². The number of aromatic nitrogens is 5. The van der Waals surface area contributed by atoms with Crippen LogP contribution in [0, 0.1) is 0 Å². The highest BCUT2D eigenvalue weighted by molar-refractivity contribution is 9.10. The van der Waals surface area contributed by atoms with Crippen LogP contribution < -0.4 is 5.32 Å². The minimum atomic E-state index is -0.374. The van der Waals surface area contributed by atoms with Gasteiger partial charge < -0.3 is 5.32 Å². The van der Waals surface area contributed by atoms with Crippen molar-refractivity contribution in [1.82, 2.24) is 30.0 Å². The summed E-state index contributed by atoms with van der Waals surface area (Å²) in [4.78, 5) is 25.4. The molecule has 0 aliphatic heterocycles. The van der Waals surface area contributed by atoms with Crippen molar-refractivity contribution in [1.29, 1.82) is 0 Å². The lowest BCUT2D eigenvalue weighted by atomic mass is 9.86. The first-order valence-electron chi connectivity index (χ1n) is 8.55. The first-order valence-corrected chi connectivity index (χ1v) is 9.34. The fraction of sp³-hybridized carbons (Fsp3) is 0.316. The van der Waals surface area contributed by atoms with Gasteiger partial charge in [-0.05, 0) is 42.2 Å². The van der Waals surface area contributed by atoms with E-state index < -0.39 is 0 Å². The molecule has 1 N–H and O–H groups in total. The van der Waals surface area contributed by atoms with E-state index >= 15 is 0 Å².